The van der Waals surface area contributed by atoms with Crippen LogP contribution in [-0.4, -0.2) is 23.9 Å². The molecule has 0 fully saturated rings. The van der Waals surface area contributed by atoms with Crippen molar-refractivity contribution < 1.29 is 9.21 Å². The summed E-state index contributed by atoms with van der Waals surface area (Å²) in [6.07, 6.45) is 1.86. The summed E-state index contributed by atoms with van der Waals surface area (Å²) in [4.78, 5) is 13.9. The highest BCUT2D eigenvalue weighted by atomic mass is 16.3. The van der Waals surface area contributed by atoms with Gasteiger partial charge in [0.2, 0.25) is 0 Å². The molecule has 0 spiro atoms. The summed E-state index contributed by atoms with van der Waals surface area (Å²) in [5.74, 6) is 1.19. The molecule has 0 aliphatic carbocycles. The predicted molar refractivity (Wildman–Crippen MR) is 81.1 cm³/mol. The molecule has 0 unspecified atom stereocenters. The van der Waals surface area contributed by atoms with Crippen LogP contribution in [0.5, 0.6) is 0 Å². The maximum absolute atomic E-state index is 11.6. The Labute approximate surface area is 124 Å². The molecule has 4 nitrogen and oxygen atoms in total. The highest BCUT2D eigenvalue weighted by Gasteiger charge is 2.26. The van der Waals surface area contributed by atoms with Crippen LogP contribution >= 0.6 is 0 Å². The number of nitrogens with zero attached hydrogens (tertiary/aromatic N) is 1. The minimum Gasteiger partial charge on any atom is -0.465 e. The Hall–Kier alpha value is -2.07. The van der Waals surface area contributed by atoms with Crippen LogP contribution in [0.3, 0.4) is 0 Å². The van der Waals surface area contributed by atoms with Crippen molar-refractivity contribution in [2.75, 3.05) is 13.1 Å². The van der Waals surface area contributed by atoms with Crippen LogP contribution in [0.4, 0.5) is 0 Å². The zero-order valence-corrected chi connectivity index (χ0v) is 12.3. The zero-order valence-electron chi connectivity index (χ0n) is 12.3. The number of rotatable bonds is 4. The maximum atomic E-state index is 11.6. The molecular formula is C17H20N2O2. The lowest BCUT2D eigenvalue weighted by Gasteiger charge is -2.26. The van der Waals surface area contributed by atoms with E-state index in [9.17, 15) is 4.79 Å². The molecule has 2 aromatic rings. The summed E-state index contributed by atoms with van der Waals surface area (Å²) < 4.78 is 5.68. The van der Waals surface area contributed by atoms with Gasteiger partial charge in [-0.05, 0) is 18.9 Å². The molecule has 1 aliphatic heterocycles. The molecule has 3 rings (SSSR count). The van der Waals surface area contributed by atoms with Crippen LogP contribution in [0, 0.1) is 6.92 Å². The van der Waals surface area contributed by atoms with Gasteiger partial charge in [0.15, 0.2) is 0 Å². The first kappa shape index (κ1) is 13.9. The smallest absolute Gasteiger partial charge is 0.252 e. The van der Waals surface area contributed by atoms with Gasteiger partial charge in [-0.3, -0.25) is 9.69 Å². The monoisotopic (exact) mass is 284 g/mol. The van der Waals surface area contributed by atoms with E-state index in [1.54, 1.807) is 0 Å². The van der Waals surface area contributed by atoms with E-state index in [1.165, 1.54) is 5.56 Å². The number of furan rings is 1. The largest absolute Gasteiger partial charge is 0.465 e. The Bertz CT molecular complexity index is 646. The van der Waals surface area contributed by atoms with Crippen molar-refractivity contribution in [3.63, 3.8) is 0 Å². The van der Waals surface area contributed by atoms with Gasteiger partial charge < -0.3 is 10.2 Å². The highest BCUT2D eigenvalue weighted by molar-refractivity contribution is 5.95. The summed E-state index contributed by atoms with van der Waals surface area (Å²) in [5.41, 5.74) is 8.37. The molecule has 21 heavy (non-hydrogen) atoms. The highest BCUT2D eigenvalue weighted by Crippen LogP contribution is 2.27. The number of amides is 1. The predicted octanol–water partition coefficient (Wildman–Crippen LogP) is 2.29. The first-order chi connectivity index (χ1) is 10.1. The van der Waals surface area contributed by atoms with Crippen LogP contribution in [0.25, 0.3) is 0 Å². The Balaban J connectivity index is 1.71. The molecule has 1 aromatic carbocycles. The molecule has 1 aliphatic rings. The second-order valence-electron chi connectivity index (χ2n) is 5.56. The Morgan fingerprint density at radius 3 is 2.81 bits per heavy atom. The first-order valence-corrected chi connectivity index (χ1v) is 7.32. The standard InChI is InChI=1S/C17H20N2O2/c1-12-16(17(18)20)14-11-19(10-8-15(14)21-12)9-7-13-5-3-2-4-6-13/h2-6H,7-11H2,1H3,(H2,18,20). The fourth-order valence-corrected chi connectivity index (χ4v) is 3.03. The average molecular weight is 284 g/mol. The van der Waals surface area contributed by atoms with Crippen molar-refractivity contribution in [2.24, 2.45) is 5.73 Å². The third-order valence-corrected chi connectivity index (χ3v) is 4.11. The second kappa shape index (κ2) is 5.74. The number of carbonyl (C=O) groups is 1. The van der Waals surface area contributed by atoms with Gasteiger partial charge in [0.05, 0.1) is 5.56 Å². The lowest BCUT2D eigenvalue weighted by molar-refractivity contribution is 0.0997. The average Bonchev–Trinajstić information content (AvgIpc) is 2.81. The Kier molecular flexibility index (Phi) is 3.80. The second-order valence-corrected chi connectivity index (χ2v) is 5.56. The first-order valence-electron chi connectivity index (χ1n) is 7.32. The molecular weight excluding hydrogens is 264 g/mol. The third-order valence-electron chi connectivity index (χ3n) is 4.11. The Morgan fingerprint density at radius 2 is 2.10 bits per heavy atom. The molecule has 2 heterocycles. The van der Waals surface area contributed by atoms with E-state index in [4.69, 9.17) is 10.2 Å². The summed E-state index contributed by atoms with van der Waals surface area (Å²) in [6, 6.07) is 10.4. The van der Waals surface area contributed by atoms with Crippen LogP contribution in [0.15, 0.2) is 34.7 Å². The number of hydrogen-bond donors (Lipinski definition) is 1. The van der Waals surface area contributed by atoms with Crippen LogP contribution in [0.1, 0.15) is 33.0 Å². The van der Waals surface area contributed by atoms with Crippen LogP contribution in [0.2, 0.25) is 0 Å². The lowest BCUT2D eigenvalue weighted by Crippen LogP contribution is -2.32. The van der Waals surface area contributed by atoms with E-state index in [0.717, 1.165) is 43.8 Å². The van der Waals surface area contributed by atoms with Crippen molar-refractivity contribution in [1.29, 1.82) is 0 Å². The van der Waals surface area contributed by atoms with E-state index in [0.29, 0.717) is 11.3 Å². The minimum atomic E-state index is -0.387. The number of primary amides is 1. The molecule has 0 atom stereocenters. The van der Waals surface area contributed by atoms with E-state index in [-0.39, 0.29) is 5.91 Å². The van der Waals surface area contributed by atoms with Crippen molar-refractivity contribution in [2.45, 2.75) is 26.3 Å². The fraction of sp³-hybridized carbons (Fsp3) is 0.353. The zero-order chi connectivity index (χ0) is 14.8. The Morgan fingerprint density at radius 1 is 1.33 bits per heavy atom. The van der Waals surface area contributed by atoms with Crippen molar-refractivity contribution >= 4 is 5.91 Å². The van der Waals surface area contributed by atoms with Gasteiger partial charge in [0.25, 0.3) is 5.91 Å². The van der Waals surface area contributed by atoms with Gasteiger partial charge >= 0.3 is 0 Å². The van der Waals surface area contributed by atoms with Crippen LogP contribution < -0.4 is 5.73 Å². The molecule has 1 amide bonds. The van der Waals surface area contributed by atoms with Crippen molar-refractivity contribution in [3.8, 4) is 0 Å². The molecule has 4 heteroatoms. The summed E-state index contributed by atoms with van der Waals surface area (Å²) in [6.45, 7) is 4.50. The van der Waals surface area contributed by atoms with Gasteiger partial charge in [-0.25, -0.2) is 0 Å². The third kappa shape index (κ3) is 2.85. The normalized spacial score (nSPS) is 14.9. The maximum Gasteiger partial charge on any atom is 0.252 e. The molecule has 0 saturated heterocycles. The quantitative estimate of drug-likeness (QED) is 0.937. The minimum absolute atomic E-state index is 0.387. The number of fused-ring (bicyclic) bond motifs is 1. The molecule has 0 radical (unpaired) electrons. The number of nitrogens with two attached hydrogens (primary N) is 1. The summed E-state index contributed by atoms with van der Waals surface area (Å²) in [5, 5.41) is 0. The van der Waals surface area contributed by atoms with E-state index < -0.39 is 0 Å². The number of benzene rings is 1. The summed E-state index contributed by atoms with van der Waals surface area (Å²) >= 11 is 0. The molecule has 110 valence electrons. The van der Waals surface area contributed by atoms with Gasteiger partial charge in [-0.1, -0.05) is 30.3 Å². The molecule has 0 bridgehead atoms. The van der Waals surface area contributed by atoms with Gasteiger partial charge in [-0.15, -0.1) is 0 Å². The van der Waals surface area contributed by atoms with Crippen molar-refractivity contribution in [1.82, 2.24) is 4.90 Å². The number of aryl methyl sites for hydroxylation is 1. The van der Waals surface area contributed by atoms with E-state index in [2.05, 4.69) is 29.2 Å². The number of carbonyl (C=O) groups excluding carboxylic acids is 1. The number of hydrogen-bond acceptors (Lipinski definition) is 3. The van der Waals surface area contributed by atoms with Gasteiger partial charge in [-0.2, -0.15) is 0 Å². The molecule has 0 saturated carbocycles. The van der Waals surface area contributed by atoms with Crippen molar-refractivity contribution in [3.05, 3.63) is 58.5 Å². The lowest BCUT2D eigenvalue weighted by atomic mass is 10.0. The van der Waals surface area contributed by atoms with Gasteiger partial charge in [0, 0.05) is 31.6 Å². The summed E-state index contributed by atoms with van der Waals surface area (Å²) in [7, 11) is 0. The molecule has 2 N–H and O–H groups in total. The topological polar surface area (TPSA) is 59.5 Å². The fourth-order valence-electron chi connectivity index (χ4n) is 3.03. The SMILES string of the molecule is Cc1oc2c(c1C(N)=O)CN(CCc1ccccc1)CC2. The van der Waals surface area contributed by atoms with Gasteiger partial charge in [0.1, 0.15) is 11.5 Å². The molecule has 1 aromatic heterocycles. The van der Waals surface area contributed by atoms with Crippen LogP contribution in [-0.2, 0) is 19.4 Å². The van der Waals surface area contributed by atoms with E-state index >= 15 is 0 Å². The van der Waals surface area contributed by atoms with E-state index in [1.807, 2.05) is 13.0 Å².